The number of rotatable bonds is 3. The monoisotopic (exact) mass is 317 g/mol. The Morgan fingerprint density at radius 3 is 2.64 bits per heavy atom. The van der Waals surface area contributed by atoms with E-state index in [1.54, 1.807) is 12.5 Å². The maximum absolute atomic E-state index is 11.2. The van der Waals surface area contributed by atoms with Crippen LogP contribution in [-0.4, -0.2) is 33.9 Å². The van der Waals surface area contributed by atoms with Gasteiger partial charge in [0.2, 0.25) is 0 Å². The number of nitrogens with zero attached hydrogens (tertiary/aromatic N) is 4. The van der Waals surface area contributed by atoms with Gasteiger partial charge in [-0.3, -0.25) is 4.79 Å². The highest BCUT2D eigenvalue weighted by molar-refractivity contribution is 7.13. The lowest BCUT2D eigenvalue weighted by Crippen LogP contribution is -2.41. The molecule has 22 heavy (non-hydrogen) atoms. The Morgan fingerprint density at radius 1 is 1.32 bits per heavy atom. The summed E-state index contributed by atoms with van der Waals surface area (Å²) in [5.41, 5.74) is 6.29. The van der Waals surface area contributed by atoms with Crippen LogP contribution in [0.5, 0.6) is 0 Å². The minimum atomic E-state index is -0.402. The number of carbonyl (C=O) groups is 1. The van der Waals surface area contributed by atoms with Crippen LogP contribution in [0.25, 0.3) is 0 Å². The number of carbonyl (C=O) groups excluding carboxylic acids is 1. The molecule has 0 aliphatic carbocycles. The number of hydrogen-bond donors (Lipinski definition) is 1. The summed E-state index contributed by atoms with van der Waals surface area (Å²) in [5, 5.41) is 1.000. The van der Waals surface area contributed by atoms with Crippen molar-refractivity contribution in [3.8, 4) is 0 Å². The topological polar surface area (TPSA) is 85.0 Å². The molecule has 2 aromatic heterocycles. The Hall–Kier alpha value is -2.02. The number of aromatic nitrogens is 3. The van der Waals surface area contributed by atoms with Crippen LogP contribution in [0.2, 0.25) is 0 Å². The van der Waals surface area contributed by atoms with Gasteiger partial charge in [0, 0.05) is 30.3 Å². The van der Waals surface area contributed by atoms with Crippen molar-refractivity contribution in [3.05, 3.63) is 34.2 Å². The van der Waals surface area contributed by atoms with Gasteiger partial charge in [-0.2, -0.15) is 0 Å². The quantitative estimate of drug-likeness (QED) is 0.934. The van der Waals surface area contributed by atoms with E-state index in [1.807, 2.05) is 13.0 Å². The second-order valence-corrected chi connectivity index (χ2v) is 6.99. The largest absolute Gasteiger partial charge is 0.365 e. The third kappa shape index (κ3) is 2.81. The second kappa shape index (κ2) is 5.64. The van der Waals surface area contributed by atoms with Gasteiger partial charge >= 0.3 is 0 Å². The lowest BCUT2D eigenvalue weighted by Gasteiger charge is -2.38. The molecule has 3 heterocycles. The first-order chi connectivity index (χ1) is 10.5. The number of primary amides is 1. The predicted molar refractivity (Wildman–Crippen MR) is 86.2 cm³/mol. The van der Waals surface area contributed by atoms with Gasteiger partial charge in [0.25, 0.3) is 5.91 Å². The van der Waals surface area contributed by atoms with Gasteiger partial charge in [-0.1, -0.05) is 6.92 Å². The highest BCUT2D eigenvalue weighted by Gasteiger charge is 2.35. The molecule has 0 aromatic carbocycles. The number of thiazole rings is 1. The molecule has 0 unspecified atom stereocenters. The van der Waals surface area contributed by atoms with E-state index in [1.165, 1.54) is 11.3 Å². The van der Waals surface area contributed by atoms with Crippen LogP contribution in [0, 0.1) is 6.92 Å². The fraction of sp³-hybridized carbons (Fsp3) is 0.467. The molecule has 0 bridgehead atoms. The van der Waals surface area contributed by atoms with Crippen molar-refractivity contribution in [2.24, 2.45) is 5.73 Å². The van der Waals surface area contributed by atoms with Crippen molar-refractivity contribution in [1.82, 2.24) is 15.0 Å². The molecular weight excluding hydrogens is 298 g/mol. The smallest absolute Gasteiger partial charge is 0.260 e. The summed E-state index contributed by atoms with van der Waals surface area (Å²) in [5.74, 6) is 0.577. The van der Waals surface area contributed by atoms with Crippen LogP contribution in [0.4, 0.5) is 5.82 Å². The molecule has 2 aromatic rings. The van der Waals surface area contributed by atoms with Crippen LogP contribution in [0.15, 0.2) is 18.6 Å². The Bertz CT molecular complexity index is 691. The lowest BCUT2D eigenvalue weighted by atomic mass is 9.81. The van der Waals surface area contributed by atoms with Crippen molar-refractivity contribution >= 4 is 23.1 Å². The molecule has 0 atom stereocenters. The first-order valence-corrected chi connectivity index (χ1v) is 8.09. The number of piperidine rings is 1. The van der Waals surface area contributed by atoms with E-state index in [2.05, 4.69) is 26.8 Å². The third-order valence-electron chi connectivity index (χ3n) is 4.25. The summed E-state index contributed by atoms with van der Waals surface area (Å²) in [6.45, 7) is 6.01. The molecule has 1 saturated heterocycles. The Morgan fingerprint density at radius 2 is 2.05 bits per heavy atom. The lowest BCUT2D eigenvalue weighted by molar-refractivity contribution is 0.100. The van der Waals surface area contributed by atoms with Crippen molar-refractivity contribution in [3.63, 3.8) is 0 Å². The highest BCUT2D eigenvalue weighted by atomic mass is 32.1. The molecule has 2 N–H and O–H groups in total. The Balaban J connectivity index is 1.73. The Kier molecular flexibility index (Phi) is 3.82. The van der Waals surface area contributed by atoms with Gasteiger partial charge in [0.1, 0.15) is 17.0 Å². The molecule has 1 aliphatic rings. The number of aryl methyl sites for hydroxylation is 1. The van der Waals surface area contributed by atoms with Crippen molar-refractivity contribution in [2.75, 3.05) is 18.0 Å². The van der Waals surface area contributed by atoms with Crippen LogP contribution in [0.1, 0.15) is 40.1 Å². The standard InChI is InChI=1S/C15H19N5OS/c1-10-7-12(19-9-18-10)20-5-3-15(2,4-6-20)14-17-8-11(22-14)13(16)21/h7-9H,3-6H2,1-2H3,(H2,16,21). The molecule has 0 saturated carbocycles. The molecule has 3 rings (SSSR count). The van der Waals surface area contributed by atoms with Crippen molar-refractivity contribution < 1.29 is 4.79 Å². The first-order valence-electron chi connectivity index (χ1n) is 7.28. The maximum Gasteiger partial charge on any atom is 0.260 e. The molecule has 116 valence electrons. The molecule has 1 fully saturated rings. The first kappa shape index (κ1) is 14.9. The van der Waals surface area contributed by atoms with E-state index < -0.39 is 5.91 Å². The zero-order chi connectivity index (χ0) is 15.7. The second-order valence-electron chi connectivity index (χ2n) is 5.96. The van der Waals surface area contributed by atoms with Crippen LogP contribution in [0.3, 0.4) is 0 Å². The van der Waals surface area contributed by atoms with Crippen LogP contribution < -0.4 is 10.6 Å². The summed E-state index contributed by atoms with van der Waals surface area (Å²) < 4.78 is 0. The molecule has 0 radical (unpaired) electrons. The molecule has 7 heteroatoms. The zero-order valence-electron chi connectivity index (χ0n) is 12.7. The van der Waals surface area contributed by atoms with E-state index in [0.717, 1.165) is 42.5 Å². The summed E-state index contributed by atoms with van der Waals surface area (Å²) in [7, 11) is 0. The number of nitrogens with two attached hydrogens (primary N) is 1. The average Bonchev–Trinajstić information content (AvgIpc) is 2.99. The van der Waals surface area contributed by atoms with Crippen molar-refractivity contribution in [2.45, 2.75) is 32.1 Å². The molecule has 0 spiro atoms. The van der Waals surface area contributed by atoms with E-state index in [-0.39, 0.29) is 5.41 Å². The summed E-state index contributed by atoms with van der Waals surface area (Å²) >= 11 is 1.42. The number of anilines is 1. The minimum absolute atomic E-state index is 0.00303. The normalized spacial score (nSPS) is 17.5. The fourth-order valence-corrected chi connectivity index (χ4v) is 3.69. The SMILES string of the molecule is Cc1cc(N2CCC(C)(c3ncc(C(N)=O)s3)CC2)ncn1. The molecular formula is C15H19N5OS. The average molecular weight is 317 g/mol. The maximum atomic E-state index is 11.2. The van der Waals surface area contributed by atoms with Gasteiger partial charge in [0.15, 0.2) is 0 Å². The van der Waals surface area contributed by atoms with Crippen LogP contribution in [-0.2, 0) is 5.41 Å². The number of amides is 1. The fourth-order valence-electron chi connectivity index (χ4n) is 2.72. The third-order valence-corrected chi connectivity index (χ3v) is 5.56. The zero-order valence-corrected chi connectivity index (χ0v) is 13.6. The van der Waals surface area contributed by atoms with E-state index in [0.29, 0.717) is 4.88 Å². The van der Waals surface area contributed by atoms with Crippen LogP contribution >= 0.6 is 11.3 Å². The number of hydrogen-bond acceptors (Lipinski definition) is 6. The minimum Gasteiger partial charge on any atom is -0.365 e. The summed E-state index contributed by atoms with van der Waals surface area (Å²) in [4.78, 5) is 27.0. The van der Waals surface area contributed by atoms with Crippen molar-refractivity contribution in [1.29, 1.82) is 0 Å². The molecule has 1 amide bonds. The summed E-state index contributed by atoms with van der Waals surface area (Å²) in [6.07, 6.45) is 5.15. The highest BCUT2D eigenvalue weighted by Crippen LogP contribution is 2.38. The van der Waals surface area contributed by atoms with Gasteiger partial charge in [0.05, 0.1) is 11.2 Å². The predicted octanol–water partition coefficient (Wildman–Crippen LogP) is 1.90. The Labute approximate surface area is 133 Å². The molecule has 6 nitrogen and oxygen atoms in total. The molecule has 1 aliphatic heterocycles. The summed E-state index contributed by atoms with van der Waals surface area (Å²) in [6, 6.07) is 2.01. The van der Waals surface area contributed by atoms with E-state index in [9.17, 15) is 4.79 Å². The van der Waals surface area contributed by atoms with Gasteiger partial charge < -0.3 is 10.6 Å². The van der Waals surface area contributed by atoms with Gasteiger partial charge in [-0.15, -0.1) is 11.3 Å². The van der Waals surface area contributed by atoms with Gasteiger partial charge in [-0.25, -0.2) is 15.0 Å². The van der Waals surface area contributed by atoms with Gasteiger partial charge in [-0.05, 0) is 19.8 Å². The van der Waals surface area contributed by atoms with E-state index >= 15 is 0 Å². The van der Waals surface area contributed by atoms with E-state index in [4.69, 9.17) is 5.73 Å².